The van der Waals surface area contributed by atoms with E-state index in [2.05, 4.69) is 15.7 Å². The van der Waals surface area contributed by atoms with E-state index in [1.807, 2.05) is 30.3 Å². The van der Waals surface area contributed by atoms with Gasteiger partial charge < -0.3 is 5.21 Å². The van der Waals surface area contributed by atoms with Crippen LogP contribution in [0.25, 0.3) is 0 Å². The van der Waals surface area contributed by atoms with E-state index in [0.29, 0.717) is 5.71 Å². The van der Waals surface area contributed by atoms with Gasteiger partial charge in [-0.3, -0.25) is 5.43 Å². The third-order valence-corrected chi connectivity index (χ3v) is 1.86. The van der Waals surface area contributed by atoms with Gasteiger partial charge in [-0.2, -0.15) is 5.10 Å². The number of para-hydroxylation sites is 1. The molecule has 4 nitrogen and oxygen atoms in total. The lowest BCUT2D eigenvalue weighted by Gasteiger charge is -2.00. The molecule has 0 radical (unpaired) electrons. The highest BCUT2D eigenvalue weighted by Crippen LogP contribution is 2.04. The monoisotopic (exact) mass is 211 g/mol. The van der Waals surface area contributed by atoms with Crippen LogP contribution in [0.3, 0.4) is 0 Å². The molecule has 14 heavy (non-hydrogen) atoms. The molecule has 0 fully saturated rings. The van der Waals surface area contributed by atoms with Gasteiger partial charge in [0, 0.05) is 0 Å². The summed E-state index contributed by atoms with van der Waals surface area (Å²) in [5, 5.41) is 15.0. The summed E-state index contributed by atoms with van der Waals surface area (Å²) in [5.74, 6) is 0. The van der Waals surface area contributed by atoms with Gasteiger partial charge in [0.1, 0.15) is 0 Å². The second kappa shape index (κ2) is 5.24. The van der Waals surface area contributed by atoms with Crippen LogP contribution in [0, 0.1) is 0 Å². The van der Waals surface area contributed by atoms with Crippen LogP contribution in [-0.4, -0.2) is 16.1 Å². The summed E-state index contributed by atoms with van der Waals surface area (Å²) in [5.41, 5.74) is 4.03. The minimum Gasteiger partial charge on any atom is -0.410 e. The smallest absolute Gasteiger partial charge is 0.191 e. The van der Waals surface area contributed by atoms with Crippen molar-refractivity contribution in [3.05, 3.63) is 30.3 Å². The molecule has 0 aliphatic heterocycles. The number of rotatable bonds is 3. The zero-order chi connectivity index (χ0) is 10.4. The summed E-state index contributed by atoms with van der Waals surface area (Å²) in [6.45, 7) is 1.64. The maximum absolute atomic E-state index is 8.35. The molecular weight excluding hydrogens is 202 g/mol. The SMILES string of the molecule is CC(=N/Nc1ccccc1)/C(Cl)=N\O. The van der Waals surface area contributed by atoms with Crippen LogP contribution in [0.2, 0.25) is 0 Å². The number of nitrogens with zero attached hydrogens (tertiary/aromatic N) is 2. The van der Waals surface area contributed by atoms with Crippen molar-refractivity contribution in [2.75, 3.05) is 5.43 Å². The Hall–Kier alpha value is -1.55. The molecule has 0 aromatic heterocycles. The molecule has 5 heteroatoms. The molecule has 0 atom stereocenters. The minimum absolute atomic E-state index is 0.0339. The van der Waals surface area contributed by atoms with E-state index in [4.69, 9.17) is 16.8 Å². The fourth-order valence-electron chi connectivity index (χ4n) is 0.780. The largest absolute Gasteiger partial charge is 0.410 e. The van der Waals surface area contributed by atoms with Crippen LogP contribution in [0.4, 0.5) is 5.69 Å². The highest BCUT2D eigenvalue weighted by atomic mass is 35.5. The Balaban J connectivity index is 2.64. The van der Waals surface area contributed by atoms with Crippen molar-refractivity contribution in [2.24, 2.45) is 10.3 Å². The van der Waals surface area contributed by atoms with Crippen molar-refractivity contribution in [2.45, 2.75) is 6.92 Å². The fraction of sp³-hybridized carbons (Fsp3) is 0.111. The predicted molar refractivity (Wildman–Crippen MR) is 58.2 cm³/mol. The number of benzene rings is 1. The molecule has 1 aromatic rings. The van der Waals surface area contributed by atoms with Gasteiger partial charge in [0.05, 0.1) is 11.4 Å². The maximum Gasteiger partial charge on any atom is 0.191 e. The van der Waals surface area contributed by atoms with Gasteiger partial charge in [0.15, 0.2) is 5.17 Å². The number of hydrazone groups is 1. The quantitative estimate of drug-likeness (QED) is 0.459. The standard InChI is InChI=1S/C9H10ClN3O/c1-7(9(10)13-14)11-12-8-5-3-2-4-6-8/h2-6,12,14H,1H3/b11-7-,13-9+. The first-order valence-electron chi connectivity index (χ1n) is 3.97. The van der Waals surface area contributed by atoms with Crippen molar-refractivity contribution in [1.29, 1.82) is 0 Å². The van der Waals surface area contributed by atoms with Crippen molar-refractivity contribution in [1.82, 2.24) is 0 Å². The topological polar surface area (TPSA) is 57.0 Å². The van der Waals surface area contributed by atoms with E-state index in [9.17, 15) is 0 Å². The lowest BCUT2D eigenvalue weighted by molar-refractivity contribution is 0.321. The summed E-state index contributed by atoms with van der Waals surface area (Å²) in [7, 11) is 0. The Morgan fingerprint density at radius 3 is 2.57 bits per heavy atom. The van der Waals surface area contributed by atoms with Gasteiger partial charge in [0.25, 0.3) is 0 Å². The van der Waals surface area contributed by atoms with E-state index >= 15 is 0 Å². The number of anilines is 1. The Labute approximate surface area is 86.9 Å². The van der Waals surface area contributed by atoms with Crippen LogP contribution in [0.1, 0.15) is 6.92 Å². The molecule has 0 saturated carbocycles. The normalized spacial score (nSPS) is 12.7. The lowest BCUT2D eigenvalue weighted by atomic mass is 10.3. The van der Waals surface area contributed by atoms with Gasteiger partial charge in [0.2, 0.25) is 0 Å². The number of hydrogen-bond acceptors (Lipinski definition) is 4. The Bertz CT molecular complexity index is 348. The Morgan fingerprint density at radius 2 is 2.00 bits per heavy atom. The molecule has 1 rings (SSSR count). The molecule has 0 amide bonds. The van der Waals surface area contributed by atoms with E-state index < -0.39 is 0 Å². The molecule has 74 valence electrons. The summed E-state index contributed by atoms with van der Waals surface area (Å²) >= 11 is 5.51. The van der Waals surface area contributed by atoms with Crippen LogP contribution < -0.4 is 5.43 Å². The third-order valence-electron chi connectivity index (χ3n) is 1.51. The maximum atomic E-state index is 8.35. The molecule has 0 heterocycles. The minimum atomic E-state index is -0.0339. The van der Waals surface area contributed by atoms with Gasteiger partial charge >= 0.3 is 0 Å². The van der Waals surface area contributed by atoms with Gasteiger partial charge in [-0.15, -0.1) is 0 Å². The first-order chi connectivity index (χ1) is 6.74. The molecule has 2 N–H and O–H groups in total. The van der Waals surface area contributed by atoms with Crippen LogP contribution in [0.5, 0.6) is 0 Å². The Kier molecular flexibility index (Phi) is 3.94. The molecule has 0 saturated heterocycles. The summed E-state index contributed by atoms with van der Waals surface area (Å²) in [6, 6.07) is 9.40. The summed E-state index contributed by atoms with van der Waals surface area (Å²) < 4.78 is 0. The second-order valence-corrected chi connectivity index (χ2v) is 2.92. The van der Waals surface area contributed by atoms with E-state index in [1.54, 1.807) is 6.92 Å². The molecule has 0 bridgehead atoms. The molecule has 0 aliphatic rings. The van der Waals surface area contributed by atoms with Crippen LogP contribution in [-0.2, 0) is 0 Å². The van der Waals surface area contributed by atoms with Crippen LogP contribution >= 0.6 is 11.6 Å². The van der Waals surface area contributed by atoms with Gasteiger partial charge in [-0.05, 0) is 19.1 Å². The highest BCUT2D eigenvalue weighted by Gasteiger charge is 1.98. The average molecular weight is 212 g/mol. The zero-order valence-electron chi connectivity index (χ0n) is 7.61. The van der Waals surface area contributed by atoms with Gasteiger partial charge in [-0.1, -0.05) is 35.0 Å². The first kappa shape index (κ1) is 10.5. The molecule has 0 unspecified atom stereocenters. The summed E-state index contributed by atoms with van der Waals surface area (Å²) in [4.78, 5) is 0. The fourth-order valence-corrected chi connectivity index (χ4v) is 0.822. The predicted octanol–water partition coefficient (Wildman–Crippen LogP) is 2.50. The molecule has 0 spiro atoms. The lowest BCUT2D eigenvalue weighted by Crippen LogP contribution is -2.05. The van der Waals surface area contributed by atoms with E-state index in [1.165, 1.54) is 0 Å². The molecule has 1 aromatic carbocycles. The second-order valence-electron chi connectivity index (χ2n) is 2.57. The molecular formula is C9H10ClN3O. The molecule has 0 aliphatic carbocycles. The number of oxime groups is 1. The Morgan fingerprint density at radius 1 is 1.36 bits per heavy atom. The van der Waals surface area contributed by atoms with Crippen molar-refractivity contribution >= 4 is 28.2 Å². The third kappa shape index (κ3) is 3.06. The summed E-state index contributed by atoms with van der Waals surface area (Å²) in [6.07, 6.45) is 0. The van der Waals surface area contributed by atoms with E-state index in [-0.39, 0.29) is 5.17 Å². The highest BCUT2D eigenvalue weighted by molar-refractivity contribution is 6.83. The average Bonchev–Trinajstić information content (AvgIpc) is 2.26. The number of hydrogen-bond donors (Lipinski definition) is 2. The number of nitrogens with one attached hydrogen (secondary N) is 1. The van der Waals surface area contributed by atoms with Crippen molar-refractivity contribution < 1.29 is 5.21 Å². The van der Waals surface area contributed by atoms with Crippen LogP contribution in [0.15, 0.2) is 40.6 Å². The zero-order valence-corrected chi connectivity index (χ0v) is 8.36. The van der Waals surface area contributed by atoms with Crippen molar-refractivity contribution in [3.63, 3.8) is 0 Å². The van der Waals surface area contributed by atoms with Gasteiger partial charge in [-0.25, -0.2) is 0 Å². The first-order valence-corrected chi connectivity index (χ1v) is 4.35. The van der Waals surface area contributed by atoms with E-state index in [0.717, 1.165) is 5.69 Å². The number of halogens is 1. The van der Waals surface area contributed by atoms with Crippen molar-refractivity contribution in [3.8, 4) is 0 Å².